The first-order valence-electron chi connectivity index (χ1n) is 10.6. The molecule has 1 aromatic carbocycles. The van der Waals surface area contributed by atoms with Gasteiger partial charge in [-0.3, -0.25) is 14.8 Å². The Balaban J connectivity index is 0.000000414. The molecule has 180 valence electrons. The van der Waals surface area contributed by atoms with E-state index in [0.29, 0.717) is 31.9 Å². The molecule has 1 aromatic rings. The second-order valence-electron chi connectivity index (χ2n) is 8.14. The highest BCUT2D eigenvalue weighted by atomic mass is 19.4. The van der Waals surface area contributed by atoms with Gasteiger partial charge < -0.3 is 15.1 Å². The van der Waals surface area contributed by atoms with E-state index in [9.17, 15) is 22.8 Å². The van der Waals surface area contributed by atoms with Crippen LogP contribution in [0.5, 0.6) is 0 Å². The van der Waals surface area contributed by atoms with Crippen molar-refractivity contribution in [1.29, 1.82) is 0 Å². The Morgan fingerprint density at radius 1 is 1.15 bits per heavy atom. The molecule has 0 aromatic heterocycles. The van der Waals surface area contributed by atoms with Crippen molar-refractivity contribution in [2.45, 2.75) is 32.4 Å². The van der Waals surface area contributed by atoms with Gasteiger partial charge in [-0.05, 0) is 55.9 Å². The highest BCUT2D eigenvalue weighted by Crippen LogP contribution is 2.40. The van der Waals surface area contributed by atoms with Crippen LogP contribution in [-0.4, -0.2) is 67.4 Å². The third-order valence-corrected chi connectivity index (χ3v) is 5.92. The molecular formula is C23H30F3N5O2. The molecule has 1 N–H and O–H groups in total. The van der Waals surface area contributed by atoms with Gasteiger partial charge >= 0.3 is 12.2 Å². The normalized spacial score (nSPS) is 18.2. The lowest BCUT2D eigenvalue weighted by Crippen LogP contribution is -2.42. The van der Waals surface area contributed by atoms with Gasteiger partial charge in [-0.1, -0.05) is 6.58 Å². The van der Waals surface area contributed by atoms with Crippen molar-refractivity contribution in [3.8, 4) is 0 Å². The van der Waals surface area contributed by atoms with Crippen molar-refractivity contribution in [3.63, 3.8) is 0 Å². The zero-order valence-corrected chi connectivity index (χ0v) is 18.9. The molecule has 10 heteroatoms. The number of likely N-dealkylation sites (tertiary alicyclic amines) is 2. The van der Waals surface area contributed by atoms with Gasteiger partial charge in [0.25, 0.3) is 0 Å². The largest absolute Gasteiger partial charge is 0.416 e. The number of rotatable bonds is 4. The van der Waals surface area contributed by atoms with E-state index in [4.69, 9.17) is 0 Å². The molecule has 1 spiro atoms. The van der Waals surface area contributed by atoms with E-state index >= 15 is 0 Å². The SMILES string of the molecule is C=CN=CC(C)=NC.O=CN1CCC2(CC1)CCN(C(=O)Nc1ccc(C(F)(F)F)cc1)C2. The molecule has 0 unspecified atom stereocenters. The standard InChI is InChI=1S/C17H20F3N3O2.C6H10N2/c18-17(19,20)13-1-3-14(4-2-13)21-15(25)23-10-7-16(11-23)5-8-22(12-24)9-6-16;1-4-8-5-6(2)7-3/h1-4,12H,5-11H2,(H,21,25);4-5H,1H2,2-3H3. The van der Waals surface area contributed by atoms with E-state index in [1.54, 1.807) is 23.1 Å². The fraction of sp³-hybridized carbons (Fsp3) is 0.478. The number of anilines is 1. The molecule has 0 aliphatic carbocycles. The molecule has 0 atom stereocenters. The van der Waals surface area contributed by atoms with Gasteiger partial charge in [-0.15, -0.1) is 0 Å². The number of nitrogens with zero attached hydrogens (tertiary/aromatic N) is 4. The van der Waals surface area contributed by atoms with Crippen LogP contribution in [0.3, 0.4) is 0 Å². The van der Waals surface area contributed by atoms with E-state index in [1.165, 1.54) is 18.3 Å². The maximum absolute atomic E-state index is 12.6. The Kier molecular flexibility index (Phi) is 9.19. The number of urea groups is 1. The van der Waals surface area contributed by atoms with Crippen LogP contribution < -0.4 is 5.32 Å². The van der Waals surface area contributed by atoms with Gasteiger partial charge in [0.05, 0.1) is 5.56 Å². The summed E-state index contributed by atoms with van der Waals surface area (Å²) in [6, 6.07) is 4.13. The minimum absolute atomic E-state index is 0.0526. The molecule has 2 heterocycles. The number of nitrogens with one attached hydrogen (secondary N) is 1. The zero-order valence-electron chi connectivity index (χ0n) is 18.9. The lowest BCUT2D eigenvalue weighted by atomic mass is 9.78. The first kappa shape index (κ1) is 26.1. The number of piperidine rings is 1. The smallest absolute Gasteiger partial charge is 0.345 e. The number of carbonyl (C=O) groups excluding carboxylic acids is 2. The highest BCUT2D eigenvalue weighted by Gasteiger charge is 2.42. The maximum atomic E-state index is 12.6. The molecule has 2 saturated heterocycles. The number of hydrogen-bond acceptors (Lipinski definition) is 4. The summed E-state index contributed by atoms with van der Waals surface area (Å²) in [7, 11) is 1.73. The summed E-state index contributed by atoms with van der Waals surface area (Å²) in [4.78, 5) is 34.2. The summed E-state index contributed by atoms with van der Waals surface area (Å²) in [5.41, 5.74) is 0.559. The second-order valence-corrected chi connectivity index (χ2v) is 8.14. The van der Waals surface area contributed by atoms with E-state index in [2.05, 4.69) is 21.9 Å². The molecule has 3 amide bonds. The summed E-state index contributed by atoms with van der Waals surface area (Å²) in [6.45, 7) is 7.94. The van der Waals surface area contributed by atoms with Gasteiger partial charge in [0.15, 0.2) is 0 Å². The number of amides is 3. The van der Waals surface area contributed by atoms with E-state index < -0.39 is 11.7 Å². The molecule has 0 bridgehead atoms. The Morgan fingerprint density at radius 3 is 2.27 bits per heavy atom. The lowest BCUT2D eigenvalue weighted by Gasteiger charge is -2.37. The third-order valence-electron chi connectivity index (χ3n) is 5.92. The van der Waals surface area contributed by atoms with Crippen LogP contribution in [0, 0.1) is 5.41 Å². The minimum Gasteiger partial charge on any atom is -0.345 e. The van der Waals surface area contributed by atoms with Crippen LogP contribution in [0.25, 0.3) is 0 Å². The third kappa shape index (κ3) is 7.73. The molecule has 2 aliphatic heterocycles. The van der Waals surface area contributed by atoms with Crippen LogP contribution in [0.1, 0.15) is 31.7 Å². The van der Waals surface area contributed by atoms with Crippen molar-refractivity contribution < 1.29 is 22.8 Å². The average molecular weight is 466 g/mol. The summed E-state index contributed by atoms with van der Waals surface area (Å²) >= 11 is 0. The number of alkyl halides is 3. The summed E-state index contributed by atoms with van der Waals surface area (Å²) in [5, 5.41) is 2.66. The monoisotopic (exact) mass is 465 g/mol. The predicted octanol–water partition coefficient (Wildman–Crippen LogP) is 4.47. The number of benzene rings is 1. The quantitative estimate of drug-likeness (QED) is 0.526. The molecule has 2 fully saturated rings. The van der Waals surface area contributed by atoms with Crippen LogP contribution in [0.2, 0.25) is 0 Å². The van der Waals surface area contributed by atoms with E-state index in [-0.39, 0.29) is 11.4 Å². The minimum atomic E-state index is -4.39. The highest BCUT2D eigenvalue weighted by molar-refractivity contribution is 6.29. The van der Waals surface area contributed by atoms with Crippen molar-refractivity contribution in [3.05, 3.63) is 42.6 Å². The number of hydrogen-bond donors (Lipinski definition) is 1. The van der Waals surface area contributed by atoms with Crippen molar-refractivity contribution in [2.24, 2.45) is 15.4 Å². The average Bonchev–Trinajstić information content (AvgIpc) is 3.22. The molecular weight excluding hydrogens is 435 g/mol. The molecule has 7 nitrogen and oxygen atoms in total. The summed E-state index contributed by atoms with van der Waals surface area (Å²) in [6.07, 6.45) is 2.24. The van der Waals surface area contributed by atoms with Crippen molar-refractivity contribution in [2.75, 3.05) is 38.5 Å². The molecule has 33 heavy (non-hydrogen) atoms. The van der Waals surface area contributed by atoms with Gasteiger partial charge in [0, 0.05) is 57.0 Å². The Morgan fingerprint density at radius 2 is 1.76 bits per heavy atom. The molecule has 0 saturated carbocycles. The Hall–Kier alpha value is -3.17. The predicted molar refractivity (Wildman–Crippen MR) is 124 cm³/mol. The van der Waals surface area contributed by atoms with E-state index in [0.717, 1.165) is 43.5 Å². The zero-order chi connectivity index (χ0) is 24.5. The van der Waals surface area contributed by atoms with Crippen molar-refractivity contribution >= 4 is 30.1 Å². The van der Waals surface area contributed by atoms with E-state index in [1.807, 2.05) is 6.92 Å². The van der Waals surface area contributed by atoms with Crippen molar-refractivity contribution in [1.82, 2.24) is 9.80 Å². The van der Waals surface area contributed by atoms with Gasteiger partial charge in [-0.25, -0.2) is 4.79 Å². The van der Waals surface area contributed by atoms with Gasteiger partial charge in [0.2, 0.25) is 6.41 Å². The summed E-state index contributed by atoms with van der Waals surface area (Å²) in [5.74, 6) is 0. The Labute approximate surface area is 192 Å². The fourth-order valence-corrected chi connectivity index (χ4v) is 3.78. The van der Waals surface area contributed by atoms with Crippen LogP contribution in [-0.2, 0) is 11.0 Å². The van der Waals surface area contributed by atoms with Crippen LogP contribution in [0.4, 0.5) is 23.7 Å². The van der Waals surface area contributed by atoms with Crippen LogP contribution in [0.15, 0.2) is 47.0 Å². The maximum Gasteiger partial charge on any atom is 0.416 e. The van der Waals surface area contributed by atoms with Crippen LogP contribution >= 0.6 is 0 Å². The number of halogens is 3. The first-order valence-corrected chi connectivity index (χ1v) is 10.6. The number of carbonyl (C=O) groups is 2. The fourth-order valence-electron chi connectivity index (χ4n) is 3.78. The molecule has 3 rings (SSSR count). The lowest BCUT2D eigenvalue weighted by molar-refractivity contribution is -0.137. The number of aliphatic imine (C=N–C) groups is 2. The van der Waals surface area contributed by atoms with Gasteiger partial charge in [-0.2, -0.15) is 13.2 Å². The molecule has 2 aliphatic rings. The summed E-state index contributed by atoms with van der Waals surface area (Å²) < 4.78 is 37.7. The molecule has 0 radical (unpaired) electrons. The Bertz CT molecular complexity index is 873. The first-order chi connectivity index (χ1) is 15.6. The van der Waals surface area contributed by atoms with Gasteiger partial charge in [0.1, 0.15) is 0 Å². The topological polar surface area (TPSA) is 77.4 Å². The second kappa shape index (κ2) is 11.6.